The van der Waals surface area contributed by atoms with Gasteiger partial charge in [-0.25, -0.2) is 0 Å². The van der Waals surface area contributed by atoms with E-state index in [0.717, 1.165) is 6.07 Å². The van der Waals surface area contributed by atoms with Gasteiger partial charge in [-0.05, 0) is 12.1 Å². The van der Waals surface area contributed by atoms with Crippen LogP contribution in [0.2, 0.25) is 0 Å². The predicted molar refractivity (Wildman–Crippen MR) is 44.8 cm³/mol. The van der Waals surface area contributed by atoms with E-state index in [1.165, 1.54) is 24.6 Å². The molecule has 5 heteroatoms. The molecule has 1 aromatic rings. The van der Waals surface area contributed by atoms with E-state index in [1.807, 2.05) is 0 Å². The highest BCUT2D eigenvalue weighted by atomic mass is 19.4. The van der Waals surface area contributed by atoms with Crippen LogP contribution in [0.1, 0.15) is 5.56 Å². The van der Waals surface area contributed by atoms with E-state index in [-0.39, 0.29) is 5.75 Å². The molecule has 0 spiro atoms. The number of para-hydroxylation sites is 1. The summed E-state index contributed by atoms with van der Waals surface area (Å²) in [5.74, 6) is -0.178. The van der Waals surface area contributed by atoms with E-state index >= 15 is 0 Å². The molecule has 1 aromatic carbocycles. The van der Waals surface area contributed by atoms with Crippen molar-refractivity contribution in [3.05, 3.63) is 36.2 Å². The van der Waals surface area contributed by atoms with Crippen LogP contribution >= 0.6 is 0 Å². The van der Waals surface area contributed by atoms with Crippen molar-refractivity contribution in [2.45, 2.75) is 6.18 Å². The Balaban J connectivity index is 2.54. The van der Waals surface area contributed by atoms with E-state index in [9.17, 15) is 13.2 Å². The van der Waals surface area contributed by atoms with Crippen LogP contribution in [0.5, 0.6) is 5.75 Å². The van der Waals surface area contributed by atoms with Gasteiger partial charge in [0.1, 0.15) is 11.8 Å². The largest absolute Gasteiger partial charge is 0.461 e. The molecular formula is C9H6F3NO. The van der Waals surface area contributed by atoms with Gasteiger partial charge in [0.2, 0.25) is 0 Å². The van der Waals surface area contributed by atoms with Crippen molar-refractivity contribution >= 4 is 5.69 Å². The fraction of sp³-hybridized carbons (Fsp3) is 0.111. The fourth-order valence-corrected chi connectivity index (χ4v) is 1.23. The molecule has 0 saturated heterocycles. The minimum Gasteiger partial charge on any atom is -0.461 e. The first-order valence-corrected chi connectivity index (χ1v) is 3.87. The summed E-state index contributed by atoms with van der Waals surface area (Å²) in [7, 11) is 0. The summed E-state index contributed by atoms with van der Waals surface area (Å²) in [6, 6.07) is 3.84. The molecule has 0 atom stereocenters. The molecule has 0 aliphatic carbocycles. The maximum Gasteiger partial charge on any atom is 0.420 e. The Kier molecular flexibility index (Phi) is 1.87. The van der Waals surface area contributed by atoms with Gasteiger partial charge in [0.15, 0.2) is 5.75 Å². The van der Waals surface area contributed by atoms with Gasteiger partial charge in [0.25, 0.3) is 0 Å². The zero-order valence-electron chi connectivity index (χ0n) is 6.93. The van der Waals surface area contributed by atoms with Gasteiger partial charge >= 0.3 is 6.18 Å². The molecule has 0 bridgehead atoms. The SMILES string of the molecule is FC(F)(F)c1cccc2c1OC=CN2. The lowest BCUT2D eigenvalue weighted by Gasteiger charge is -2.18. The number of rotatable bonds is 0. The molecule has 2 rings (SSSR count). The lowest BCUT2D eigenvalue weighted by Crippen LogP contribution is -2.10. The van der Waals surface area contributed by atoms with Gasteiger partial charge in [-0.2, -0.15) is 13.2 Å². The average Bonchev–Trinajstić information content (AvgIpc) is 2.15. The Morgan fingerprint density at radius 2 is 2.00 bits per heavy atom. The number of hydrogen-bond donors (Lipinski definition) is 1. The van der Waals surface area contributed by atoms with Crippen LogP contribution < -0.4 is 10.1 Å². The van der Waals surface area contributed by atoms with Crippen molar-refractivity contribution in [3.63, 3.8) is 0 Å². The van der Waals surface area contributed by atoms with Crippen molar-refractivity contribution in [2.75, 3.05) is 5.32 Å². The molecule has 14 heavy (non-hydrogen) atoms. The zero-order valence-corrected chi connectivity index (χ0v) is 6.93. The number of halogens is 3. The van der Waals surface area contributed by atoms with Crippen LogP contribution in [0.3, 0.4) is 0 Å². The third kappa shape index (κ3) is 1.41. The smallest absolute Gasteiger partial charge is 0.420 e. The van der Waals surface area contributed by atoms with Crippen molar-refractivity contribution in [1.29, 1.82) is 0 Å². The van der Waals surface area contributed by atoms with Gasteiger partial charge in [-0.15, -0.1) is 0 Å². The molecule has 1 heterocycles. The van der Waals surface area contributed by atoms with E-state index < -0.39 is 11.7 Å². The van der Waals surface area contributed by atoms with E-state index in [1.54, 1.807) is 0 Å². The molecule has 1 aliphatic heterocycles. The number of nitrogens with one attached hydrogen (secondary N) is 1. The minimum atomic E-state index is -4.39. The topological polar surface area (TPSA) is 21.3 Å². The van der Waals surface area contributed by atoms with E-state index in [4.69, 9.17) is 4.74 Å². The van der Waals surface area contributed by atoms with Crippen LogP contribution in [0.25, 0.3) is 0 Å². The van der Waals surface area contributed by atoms with Crippen molar-refractivity contribution in [3.8, 4) is 5.75 Å². The molecule has 0 aromatic heterocycles. The first-order valence-electron chi connectivity index (χ1n) is 3.87. The van der Waals surface area contributed by atoms with Crippen molar-refractivity contribution in [2.24, 2.45) is 0 Å². The quantitative estimate of drug-likeness (QED) is 0.696. The number of ether oxygens (including phenoxy) is 1. The Hall–Kier alpha value is -1.65. The molecule has 74 valence electrons. The molecule has 0 saturated carbocycles. The number of fused-ring (bicyclic) bond motifs is 1. The Bertz CT molecular complexity index is 384. The van der Waals surface area contributed by atoms with Crippen molar-refractivity contribution < 1.29 is 17.9 Å². The lowest BCUT2D eigenvalue weighted by atomic mass is 10.1. The highest BCUT2D eigenvalue weighted by Crippen LogP contribution is 2.41. The first kappa shape index (κ1) is 8.93. The molecule has 0 radical (unpaired) electrons. The van der Waals surface area contributed by atoms with Crippen LogP contribution in [-0.4, -0.2) is 0 Å². The highest BCUT2D eigenvalue weighted by Gasteiger charge is 2.35. The van der Waals surface area contributed by atoms with Crippen LogP contribution in [0, 0.1) is 0 Å². The fourth-order valence-electron chi connectivity index (χ4n) is 1.23. The second kappa shape index (κ2) is 2.94. The third-order valence-electron chi connectivity index (χ3n) is 1.81. The summed E-state index contributed by atoms with van der Waals surface area (Å²) in [5.41, 5.74) is -0.450. The molecule has 0 unspecified atom stereocenters. The van der Waals surface area contributed by atoms with E-state index in [2.05, 4.69) is 5.32 Å². The molecular weight excluding hydrogens is 195 g/mol. The monoisotopic (exact) mass is 201 g/mol. The maximum atomic E-state index is 12.4. The minimum absolute atomic E-state index is 0.178. The third-order valence-corrected chi connectivity index (χ3v) is 1.81. The lowest BCUT2D eigenvalue weighted by molar-refractivity contribution is -0.138. The number of benzene rings is 1. The summed E-state index contributed by atoms with van der Waals surface area (Å²) in [6.07, 6.45) is -1.78. The second-order valence-electron chi connectivity index (χ2n) is 2.74. The molecule has 2 nitrogen and oxygen atoms in total. The van der Waals surface area contributed by atoms with Gasteiger partial charge in [-0.1, -0.05) is 6.07 Å². The zero-order chi connectivity index (χ0) is 10.2. The molecule has 1 N–H and O–H groups in total. The average molecular weight is 201 g/mol. The summed E-state index contributed by atoms with van der Waals surface area (Å²) in [5, 5.41) is 2.67. The summed E-state index contributed by atoms with van der Waals surface area (Å²) >= 11 is 0. The molecule has 0 amide bonds. The van der Waals surface area contributed by atoms with Crippen LogP contribution in [0.15, 0.2) is 30.7 Å². The maximum absolute atomic E-state index is 12.4. The second-order valence-corrected chi connectivity index (χ2v) is 2.74. The van der Waals surface area contributed by atoms with Gasteiger partial charge in [0, 0.05) is 6.20 Å². The predicted octanol–water partition coefficient (Wildman–Crippen LogP) is 2.98. The Labute approximate surface area is 78.0 Å². The van der Waals surface area contributed by atoms with Crippen LogP contribution in [-0.2, 0) is 6.18 Å². The van der Waals surface area contributed by atoms with Crippen molar-refractivity contribution in [1.82, 2.24) is 0 Å². The first-order chi connectivity index (χ1) is 6.59. The van der Waals surface area contributed by atoms with Crippen LogP contribution in [0.4, 0.5) is 18.9 Å². The van der Waals surface area contributed by atoms with Gasteiger partial charge in [0.05, 0.1) is 5.69 Å². The summed E-state index contributed by atoms with van der Waals surface area (Å²) in [6.45, 7) is 0. The number of alkyl halides is 3. The summed E-state index contributed by atoms with van der Waals surface area (Å²) in [4.78, 5) is 0. The highest BCUT2D eigenvalue weighted by molar-refractivity contribution is 5.63. The molecule has 1 aliphatic rings. The van der Waals surface area contributed by atoms with Gasteiger partial charge < -0.3 is 10.1 Å². The summed E-state index contributed by atoms with van der Waals surface area (Å²) < 4.78 is 42.1. The normalized spacial score (nSPS) is 14.2. The Morgan fingerprint density at radius 1 is 1.21 bits per heavy atom. The standard InChI is InChI=1S/C9H6F3NO/c10-9(11,12)6-2-1-3-7-8(6)14-5-4-13-7/h1-5,13H. The number of hydrogen-bond acceptors (Lipinski definition) is 2. The Morgan fingerprint density at radius 3 is 2.71 bits per heavy atom. The van der Waals surface area contributed by atoms with E-state index in [0.29, 0.717) is 5.69 Å². The van der Waals surface area contributed by atoms with Gasteiger partial charge in [-0.3, -0.25) is 0 Å². The molecule has 0 fully saturated rings. The number of anilines is 1.